The Morgan fingerprint density at radius 3 is 1.94 bits per heavy atom. The number of aromatic amines is 1. The van der Waals surface area contributed by atoms with E-state index in [2.05, 4.69) is 47.5 Å². The van der Waals surface area contributed by atoms with Crippen molar-refractivity contribution >= 4 is 69.9 Å². The molecule has 488 valence electrons. The highest BCUT2D eigenvalue weighted by Gasteiger charge is 2.39. The van der Waals surface area contributed by atoms with E-state index < -0.39 is 113 Å². The number of para-hydroxylation sites is 1. The molecule has 15 bridgehead atoms. The molecule has 0 saturated carbocycles. The number of H-pyrrole nitrogens is 1. The molecule has 7 unspecified atom stereocenters. The zero-order valence-corrected chi connectivity index (χ0v) is 51.1. The van der Waals surface area contributed by atoms with Crippen LogP contribution in [0.15, 0.2) is 170 Å². The quantitative estimate of drug-likeness (QED) is 0.0657. The Labute approximate surface area is 550 Å². The summed E-state index contributed by atoms with van der Waals surface area (Å²) >= 11 is 6.88. The van der Waals surface area contributed by atoms with E-state index >= 15 is 19.2 Å². The number of aromatic hydroxyl groups is 5. The molecule has 96 heavy (non-hydrogen) atoms. The van der Waals surface area contributed by atoms with Crippen molar-refractivity contribution in [2.45, 2.75) is 68.0 Å². The van der Waals surface area contributed by atoms with Crippen LogP contribution < -0.4 is 52.0 Å². The second-order valence-corrected chi connectivity index (χ2v) is 23.6. The average Bonchev–Trinajstić information content (AvgIpc) is 1.30. The summed E-state index contributed by atoms with van der Waals surface area (Å²) in [6.07, 6.45) is 1.24. The van der Waals surface area contributed by atoms with Gasteiger partial charge < -0.3 is 87.6 Å². The molecule has 1 aromatic heterocycles. The van der Waals surface area contributed by atoms with E-state index in [0.717, 1.165) is 29.8 Å². The van der Waals surface area contributed by atoms with E-state index in [9.17, 15) is 49.8 Å². The number of amides is 8. The van der Waals surface area contributed by atoms with Crippen molar-refractivity contribution in [1.29, 1.82) is 0 Å². The monoisotopic (exact) mass is 1320 g/mol. The first kappa shape index (κ1) is 63.9. The van der Waals surface area contributed by atoms with Gasteiger partial charge in [-0.3, -0.25) is 28.8 Å². The van der Waals surface area contributed by atoms with E-state index in [0.29, 0.717) is 34.0 Å². The fourth-order valence-corrected chi connectivity index (χ4v) is 12.0. The van der Waals surface area contributed by atoms with E-state index in [1.165, 1.54) is 66.7 Å². The van der Waals surface area contributed by atoms with Crippen LogP contribution in [0.2, 0.25) is 5.02 Å². The number of ether oxygens (including phenoxy) is 2. The Kier molecular flexibility index (Phi) is 18.1. The van der Waals surface area contributed by atoms with Crippen LogP contribution in [0.25, 0.3) is 22.0 Å². The summed E-state index contributed by atoms with van der Waals surface area (Å²) < 4.78 is 12.4. The van der Waals surface area contributed by atoms with Crippen LogP contribution in [-0.2, 0) is 59.2 Å². The lowest BCUT2D eigenvalue weighted by atomic mass is 9.94. The highest BCUT2D eigenvalue weighted by molar-refractivity contribution is 6.32. The van der Waals surface area contributed by atoms with Gasteiger partial charge in [-0.25, -0.2) is 9.59 Å². The summed E-state index contributed by atoms with van der Waals surface area (Å²) in [5.41, 5.74) is 2.43. The predicted molar refractivity (Wildman–Crippen MR) is 346 cm³/mol. The number of carbonyl (C=O) groups excluding carboxylic acids is 7. The van der Waals surface area contributed by atoms with Crippen LogP contribution in [0.1, 0.15) is 68.7 Å². The van der Waals surface area contributed by atoms with Gasteiger partial charge in [0.25, 0.3) is 0 Å². The Bertz CT molecular complexity index is 4550. The lowest BCUT2D eigenvalue weighted by molar-refractivity contribution is -0.142. The molecule has 0 radical (unpaired) electrons. The number of aliphatic carboxylic acids is 1. The molecule has 0 spiro atoms. The third-order valence-electron chi connectivity index (χ3n) is 16.6. The number of nitrogens with one attached hydrogen (secondary N) is 9. The van der Waals surface area contributed by atoms with Gasteiger partial charge in [-0.2, -0.15) is 0 Å². The van der Waals surface area contributed by atoms with Crippen LogP contribution in [0, 0.1) is 0 Å². The lowest BCUT2D eigenvalue weighted by Gasteiger charge is -2.29. The summed E-state index contributed by atoms with van der Waals surface area (Å²) in [7, 11) is 0. The molecule has 14 rings (SSSR count). The van der Waals surface area contributed by atoms with Crippen LogP contribution in [-0.4, -0.2) is 108 Å². The minimum Gasteiger partial charge on any atom is -0.508 e. The van der Waals surface area contributed by atoms with Crippen molar-refractivity contribution in [2.24, 2.45) is 0 Å². The molecule has 5 aliphatic heterocycles. The fourth-order valence-electron chi connectivity index (χ4n) is 11.8. The molecule has 26 heteroatoms. The van der Waals surface area contributed by atoms with Gasteiger partial charge in [0.05, 0.1) is 10.5 Å². The standard InChI is InChI=1S/C70H60ClN9O16/c71-49-28-37-14-20-54(49)96-55-30-38(13-19-53(55)84)60(69(92)93)80-64(87)50-23-36-11-17-45(18-12-36)95-56-31-40-27-48(62(56)85)47-8-4-7-46-41(33-73-61(46)47)29-52(74-63(86)51(24-35-9-15-42(81)16-10-35)76-70(94)72-22-21-34-5-2-1-3-6-34)65(88)77-58(39-25-43(82)32-44(83)26-39)67(90)79-59(40)68(91)78-57(37)66(89)75-50/h1-20,25-28,30-33,50-52,57-60,73,81-85H,21-24,29H2,(H,74,86)(H,75,89)(H,77,88)(H,78,91)(H,79,90)(H,80,87)(H,92,93)(H2,72,76,94). The van der Waals surface area contributed by atoms with E-state index in [1.807, 2.05) is 30.3 Å². The maximum absolute atomic E-state index is 15.8. The number of urea groups is 1. The van der Waals surface area contributed by atoms with Crippen LogP contribution in [0.5, 0.6) is 51.7 Å². The van der Waals surface area contributed by atoms with Gasteiger partial charge >= 0.3 is 12.0 Å². The third-order valence-corrected chi connectivity index (χ3v) is 16.9. The summed E-state index contributed by atoms with van der Waals surface area (Å²) in [6.45, 7) is 0.174. The van der Waals surface area contributed by atoms with Crippen molar-refractivity contribution in [3.8, 4) is 62.9 Å². The van der Waals surface area contributed by atoms with Crippen molar-refractivity contribution in [3.63, 3.8) is 0 Å². The predicted octanol–water partition coefficient (Wildman–Crippen LogP) is 6.96. The number of aromatic nitrogens is 1. The van der Waals surface area contributed by atoms with Gasteiger partial charge in [-0.05, 0) is 124 Å². The highest BCUT2D eigenvalue weighted by atomic mass is 35.5. The van der Waals surface area contributed by atoms with Crippen molar-refractivity contribution in [2.75, 3.05) is 6.54 Å². The van der Waals surface area contributed by atoms with E-state index in [-0.39, 0.29) is 93.0 Å². The smallest absolute Gasteiger partial charge is 0.330 e. The molecule has 7 atom stereocenters. The zero-order valence-electron chi connectivity index (χ0n) is 50.4. The van der Waals surface area contributed by atoms with Gasteiger partial charge in [-0.15, -0.1) is 0 Å². The van der Waals surface area contributed by atoms with Crippen LogP contribution >= 0.6 is 11.6 Å². The summed E-state index contributed by atoms with van der Waals surface area (Å²) in [5, 5.41) is 87.8. The van der Waals surface area contributed by atoms with E-state index in [1.54, 1.807) is 48.7 Å². The largest absolute Gasteiger partial charge is 0.508 e. The molecule has 0 saturated heterocycles. The van der Waals surface area contributed by atoms with Gasteiger partial charge in [-0.1, -0.05) is 96.5 Å². The molecular weight excluding hydrogens is 1260 g/mol. The van der Waals surface area contributed by atoms with Gasteiger partial charge in [0.15, 0.2) is 29.0 Å². The maximum Gasteiger partial charge on any atom is 0.330 e. The topological polar surface area (TPSA) is 388 Å². The normalized spacial score (nSPS) is 18.9. The zero-order chi connectivity index (χ0) is 67.5. The Hall–Kier alpha value is -12.3. The first-order valence-corrected chi connectivity index (χ1v) is 30.5. The minimum absolute atomic E-state index is 0.0126. The molecule has 8 aromatic carbocycles. The Morgan fingerprint density at radius 2 is 1.23 bits per heavy atom. The van der Waals surface area contributed by atoms with Crippen molar-refractivity contribution in [1.82, 2.24) is 47.5 Å². The molecule has 0 aliphatic carbocycles. The first-order chi connectivity index (χ1) is 46.2. The fraction of sp³-hybridized carbons (Fsp3) is 0.171. The van der Waals surface area contributed by atoms with Crippen LogP contribution in [0.3, 0.4) is 0 Å². The molecule has 8 amide bonds. The summed E-state index contributed by atoms with van der Waals surface area (Å²) in [6, 6.07) is 26.5. The number of fused-ring (bicyclic) bond motifs is 9. The first-order valence-electron chi connectivity index (χ1n) is 30.2. The molecule has 25 nitrogen and oxygen atoms in total. The van der Waals surface area contributed by atoms with Crippen molar-refractivity contribution in [3.05, 3.63) is 220 Å². The molecule has 9 aromatic rings. The minimum atomic E-state index is -2.02. The maximum atomic E-state index is 15.8. The molecular formula is C70H60ClN9O16. The molecule has 0 fully saturated rings. The average molecular weight is 1320 g/mol. The van der Waals surface area contributed by atoms with Gasteiger partial charge in [0.2, 0.25) is 35.4 Å². The van der Waals surface area contributed by atoms with Gasteiger partial charge in [0, 0.05) is 54.6 Å². The second-order valence-electron chi connectivity index (χ2n) is 23.2. The molecule has 6 heterocycles. The third kappa shape index (κ3) is 14.1. The van der Waals surface area contributed by atoms with Crippen LogP contribution in [0.4, 0.5) is 4.79 Å². The highest BCUT2D eigenvalue weighted by Crippen LogP contribution is 2.45. The molecule has 15 N–H and O–H groups in total. The Morgan fingerprint density at radius 1 is 0.562 bits per heavy atom. The SMILES string of the molecule is O=C(NCCc1ccccc1)NC(Cc1ccc(O)cc1)C(=O)NC1Cc2c[nH]c3c(cccc23)-c2cc3cc(c2O)Oc2ccc(cc2)CC2NC(=O)C(NC(=O)C3NC(=O)C(c3cc(O)cc(O)c3)NC1=O)c1ccc(c(Cl)c1)Oc1cc(ccc1O)C(C(=O)O)NC2=O. The second kappa shape index (κ2) is 27.1. The molecule has 5 aliphatic rings. The number of hydrogen-bond donors (Lipinski definition) is 15. The number of hydrogen-bond acceptors (Lipinski definition) is 15. The number of carboxylic acids is 1. The number of carbonyl (C=O) groups is 8. The number of benzene rings is 8. The number of halogens is 1. The lowest BCUT2D eigenvalue weighted by Crippen LogP contribution is -2.57. The number of carboxylic acid groups (broad SMARTS) is 1. The number of phenols is 5. The summed E-state index contributed by atoms with van der Waals surface area (Å²) in [5.74, 6) is -10.6. The number of rotatable bonds is 10. The van der Waals surface area contributed by atoms with Crippen molar-refractivity contribution < 1.29 is 78.5 Å². The van der Waals surface area contributed by atoms with Gasteiger partial charge in [0.1, 0.15) is 65.0 Å². The summed E-state index contributed by atoms with van der Waals surface area (Å²) in [4.78, 5) is 122. The Balaban J connectivity index is 0.985. The number of phenolic OH excluding ortho intramolecular Hbond substituents is 5. The van der Waals surface area contributed by atoms with E-state index in [4.69, 9.17) is 21.1 Å².